The molecular weight excluding hydrogens is 344 g/mol. The van der Waals surface area contributed by atoms with E-state index in [9.17, 15) is 0 Å². The van der Waals surface area contributed by atoms with Gasteiger partial charge in [0.2, 0.25) is 6.79 Å². The van der Waals surface area contributed by atoms with Crippen molar-refractivity contribution >= 4 is 11.3 Å². The minimum atomic E-state index is 0.162. The van der Waals surface area contributed by atoms with Crippen LogP contribution in [-0.4, -0.2) is 11.8 Å². The summed E-state index contributed by atoms with van der Waals surface area (Å²) in [4.78, 5) is 4.65. The molecule has 1 aliphatic rings. The molecule has 0 aliphatic carbocycles. The first-order chi connectivity index (χ1) is 12.7. The third-order valence-corrected chi connectivity index (χ3v) is 5.41. The Morgan fingerprint density at radius 2 is 2.00 bits per heavy atom. The van der Waals surface area contributed by atoms with Gasteiger partial charge in [-0.25, -0.2) is 0 Å². The molecule has 0 saturated carbocycles. The number of pyridine rings is 1. The standard InChI is InChI=1S/C21H22N2O2S/c1-14-3-4-18(22-10-14)19(8-16-5-6-26-12-16)23-11-17-9-21-20(7-15(17)2)24-13-25-21/h3-7,9-10,12,19,23H,8,11,13H2,1-2H3/t19-/m0/s1. The molecule has 0 unspecified atom stereocenters. The molecule has 26 heavy (non-hydrogen) atoms. The Morgan fingerprint density at radius 3 is 2.73 bits per heavy atom. The van der Waals surface area contributed by atoms with E-state index in [1.54, 1.807) is 11.3 Å². The summed E-state index contributed by atoms with van der Waals surface area (Å²) < 4.78 is 11.0. The molecule has 134 valence electrons. The number of aryl methyl sites for hydroxylation is 2. The SMILES string of the molecule is Cc1ccc([C@H](Cc2ccsc2)NCc2cc3c(cc2C)OCO3)nc1. The Kier molecular flexibility index (Phi) is 4.91. The predicted octanol–water partition coefficient (Wildman–Crippen LogP) is 4.56. The molecule has 1 aromatic carbocycles. The van der Waals surface area contributed by atoms with Gasteiger partial charge in [0.15, 0.2) is 11.5 Å². The van der Waals surface area contributed by atoms with Crippen LogP contribution in [0.3, 0.4) is 0 Å². The van der Waals surface area contributed by atoms with Crippen LogP contribution < -0.4 is 14.8 Å². The van der Waals surface area contributed by atoms with Crippen molar-refractivity contribution in [3.8, 4) is 11.5 Å². The van der Waals surface area contributed by atoms with E-state index in [4.69, 9.17) is 9.47 Å². The second-order valence-corrected chi connectivity index (χ2v) is 7.44. The largest absolute Gasteiger partial charge is 0.454 e. The van der Waals surface area contributed by atoms with E-state index in [1.807, 2.05) is 6.20 Å². The molecule has 0 amide bonds. The van der Waals surface area contributed by atoms with Crippen molar-refractivity contribution < 1.29 is 9.47 Å². The molecule has 0 spiro atoms. The van der Waals surface area contributed by atoms with Crippen molar-refractivity contribution in [3.05, 3.63) is 75.2 Å². The summed E-state index contributed by atoms with van der Waals surface area (Å²) in [6.45, 7) is 5.23. The van der Waals surface area contributed by atoms with Gasteiger partial charge in [-0.2, -0.15) is 11.3 Å². The van der Waals surface area contributed by atoms with Crippen LogP contribution >= 0.6 is 11.3 Å². The second kappa shape index (κ2) is 7.48. The van der Waals surface area contributed by atoms with Crippen LogP contribution in [0, 0.1) is 13.8 Å². The van der Waals surface area contributed by atoms with E-state index in [0.29, 0.717) is 6.79 Å². The van der Waals surface area contributed by atoms with Crippen LogP contribution in [0.2, 0.25) is 0 Å². The van der Waals surface area contributed by atoms with Gasteiger partial charge in [-0.15, -0.1) is 0 Å². The highest BCUT2D eigenvalue weighted by Gasteiger charge is 2.18. The van der Waals surface area contributed by atoms with E-state index in [2.05, 4.69) is 65.2 Å². The topological polar surface area (TPSA) is 43.4 Å². The Labute approximate surface area is 157 Å². The molecule has 0 radical (unpaired) electrons. The third kappa shape index (κ3) is 3.74. The predicted molar refractivity (Wildman–Crippen MR) is 104 cm³/mol. The number of hydrogen-bond donors (Lipinski definition) is 1. The Balaban J connectivity index is 1.54. The first-order valence-corrected chi connectivity index (χ1v) is 9.69. The van der Waals surface area contributed by atoms with Gasteiger partial charge in [0.1, 0.15) is 0 Å². The molecule has 0 fully saturated rings. The van der Waals surface area contributed by atoms with Crippen LogP contribution in [0.15, 0.2) is 47.3 Å². The fourth-order valence-corrected chi connectivity index (χ4v) is 3.80. The maximum atomic E-state index is 5.52. The van der Waals surface area contributed by atoms with Crippen molar-refractivity contribution in [2.75, 3.05) is 6.79 Å². The summed E-state index contributed by atoms with van der Waals surface area (Å²) in [6, 6.07) is 10.7. The van der Waals surface area contributed by atoms with E-state index in [-0.39, 0.29) is 6.04 Å². The molecule has 0 saturated heterocycles. The average Bonchev–Trinajstić information content (AvgIpc) is 3.30. The van der Waals surface area contributed by atoms with Crippen LogP contribution in [0.4, 0.5) is 0 Å². The molecule has 1 N–H and O–H groups in total. The maximum Gasteiger partial charge on any atom is 0.231 e. The fraction of sp³-hybridized carbons (Fsp3) is 0.286. The number of nitrogens with zero attached hydrogens (tertiary/aromatic N) is 1. The Hall–Kier alpha value is -2.37. The number of ether oxygens (including phenoxy) is 2. The molecule has 1 aliphatic heterocycles. The minimum Gasteiger partial charge on any atom is -0.454 e. The Bertz CT molecular complexity index is 876. The number of benzene rings is 1. The highest BCUT2D eigenvalue weighted by molar-refractivity contribution is 7.07. The maximum absolute atomic E-state index is 5.52. The van der Waals surface area contributed by atoms with Gasteiger partial charge in [0, 0.05) is 12.7 Å². The zero-order chi connectivity index (χ0) is 17.9. The van der Waals surface area contributed by atoms with Gasteiger partial charge in [0.25, 0.3) is 0 Å². The van der Waals surface area contributed by atoms with Crippen molar-refractivity contribution in [1.29, 1.82) is 0 Å². The molecule has 4 rings (SSSR count). The molecule has 5 heteroatoms. The lowest BCUT2D eigenvalue weighted by atomic mass is 10.0. The lowest BCUT2D eigenvalue weighted by Crippen LogP contribution is -2.24. The molecule has 3 heterocycles. The Morgan fingerprint density at radius 1 is 1.15 bits per heavy atom. The molecular formula is C21H22N2O2S. The molecule has 3 aromatic rings. The van der Waals surface area contributed by atoms with Gasteiger partial charge in [-0.05, 0) is 77.5 Å². The summed E-state index contributed by atoms with van der Waals surface area (Å²) in [5, 5.41) is 8.01. The summed E-state index contributed by atoms with van der Waals surface area (Å²) in [6.07, 6.45) is 2.85. The van der Waals surface area contributed by atoms with E-state index in [0.717, 1.165) is 30.2 Å². The van der Waals surface area contributed by atoms with Crippen molar-refractivity contribution in [2.24, 2.45) is 0 Å². The second-order valence-electron chi connectivity index (χ2n) is 6.66. The highest BCUT2D eigenvalue weighted by Crippen LogP contribution is 2.34. The molecule has 4 nitrogen and oxygen atoms in total. The lowest BCUT2D eigenvalue weighted by Gasteiger charge is -2.19. The summed E-state index contributed by atoms with van der Waals surface area (Å²) in [7, 11) is 0. The zero-order valence-electron chi connectivity index (χ0n) is 15.0. The summed E-state index contributed by atoms with van der Waals surface area (Å²) in [5.41, 5.74) is 6.00. The monoisotopic (exact) mass is 366 g/mol. The smallest absolute Gasteiger partial charge is 0.231 e. The average molecular weight is 366 g/mol. The van der Waals surface area contributed by atoms with E-state index in [1.165, 1.54) is 22.3 Å². The number of hydrogen-bond acceptors (Lipinski definition) is 5. The van der Waals surface area contributed by atoms with Crippen molar-refractivity contribution in [1.82, 2.24) is 10.3 Å². The number of rotatable bonds is 6. The third-order valence-electron chi connectivity index (χ3n) is 4.68. The minimum absolute atomic E-state index is 0.162. The number of fused-ring (bicyclic) bond motifs is 1. The summed E-state index contributed by atoms with van der Waals surface area (Å²) in [5.74, 6) is 1.66. The molecule has 2 aromatic heterocycles. The normalized spacial score (nSPS) is 13.8. The summed E-state index contributed by atoms with van der Waals surface area (Å²) >= 11 is 1.73. The van der Waals surface area contributed by atoms with Gasteiger partial charge in [-0.1, -0.05) is 6.07 Å². The van der Waals surface area contributed by atoms with Gasteiger partial charge in [-0.3, -0.25) is 4.98 Å². The fourth-order valence-electron chi connectivity index (χ4n) is 3.12. The van der Waals surface area contributed by atoms with Crippen LogP contribution in [-0.2, 0) is 13.0 Å². The lowest BCUT2D eigenvalue weighted by molar-refractivity contribution is 0.174. The molecule has 0 bridgehead atoms. The van der Waals surface area contributed by atoms with Crippen LogP contribution in [0.25, 0.3) is 0 Å². The highest BCUT2D eigenvalue weighted by atomic mass is 32.1. The van der Waals surface area contributed by atoms with Gasteiger partial charge in [0.05, 0.1) is 11.7 Å². The van der Waals surface area contributed by atoms with E-state index < -0.39 is 0 Å². The number of thiophene rings is 1. The molecule has 1 atom stereocenters. The quantitative estimate of drug-likeness (QED) is 0.694. The van der Waals surface area contributed by atoms with Gasteiger partial charge < -0.3 is 14.8 Å². The number of nitrogens with one attached hydrogen (secondary N) is 1. The first kappa shape index (κ1) is 17.1. The van der Waals surface area contributed by atoms with E-state index >= 15 is 0 Å². The van der Waals surface area contributed by atoms with Crippen LogP contribution in [0.5, 0.6) is 11.5 Å². The first-order valence-electron chi connectivity index (χ1n) is 8.75. The van der Waals surface area contributed by atoms with Crippen molar-refractivity contribution in [3.63, 3.8) is 0 Å². The zero-order valence-corrected chi connectivity index (χ0v) is 15.8. The van der Waals surface area contributed by atoms with Crippen LogP contribution in [0.1, 0.15) is 34.0 Å². The van der Waals surface area contributed by atoms with Crippen molar-refractivity contribution in [2.45, 2.75) is 32.9 Å². The number of aromatic nitrogens is 1. The van der Waals surface area contributed by atoms with Gasteiger partial charge >= 0.3 is 0 Å².